The molecule has 2 unspecified atom stereocenters. The van der Waals surface area contributed by atoms with Gasteiger partial charge in [-0.05, 0) is 18.4 Å². The van der Waals surface area contributed by atoms with Gasteiger partial charge in [-0.25, -0.2) is 9.78 Å². The average molecular weight is 295 g/mol. The number of anilines is 1. The van der Waals surface area contributed by atoms with Crippen molar-refractivity contribution in [2.75, 3.05) is 25.1 Å². The Labute approximate surface area is 121 Å². The third-order valence-electron chi connectivity index (χ3n) is 3.61. The minimum Gasteiger partial charge on any atom is -0.464 e. The Kier molecular flexibility index (Phi) is 4.37. The van der Waals surface area contributed by atoms with Crippen LogP contribution in [0.5, 0.6) is 0 Å². The molecule has 1 N–H and O–H groups in total. The van der Waals surface area contributed by atoms with Gasteiger partial charge in [-0.15, -0.1) is 0 Å². The van der Waals surface area contributed by atoms with Crippen molar-refractivity contribution in [2.45, 2.75) is 19.4 Å². The van der Waals surface area contributed by atoms with E-state index in [-0.39, 0.29) is 23.1 Å². The summed E-state index contributed by atoms with van der Waals surface area (Å²) in [4.78, 5) is 27.9. The largest absolute Gasteiger partial charge is 0.464 e. The lowest BCUT2D eigenvalue weighted by molar-refractivity contribution is -0.384. The fourth-order valence-corrected chi connectivity index (χ4v) is 2.36. The molecule has 0 spiro atoms. The number of piperidine rings is 1. The van der Waals surface area contributed by atoms with Gasteiger partial charge in [0.05, 0.1) is 18.1 Å². The van der Waals surface area contributed by atoms with Crippen LogP contribution in [-0.4, -0.2) is 47.3 Å². The Morgan fingerprint density at radius 2 is 2.29 bits per heavy atom. The molecule has 0 radical (unpaired) electrons. The van der Waals surface area contributed by atoms with Gasteiger partial charge in [-0.3, -0.25) is 10.1 Å². The maximum Gasteiger partial charge on any atom is 0.356 e. The van der Waals surface area contributed by atoms with E-state index in [1.807, 2.05) is 6.92 Å². The lowest BCUT2D eigenvalue weighted by atomic mass is 9.97. The Bertz CT molecular complexity index is 563. The van der Waals surface area contributed by atoms with Gasteiger partial charge in [0.1, 0.15) is 0 Å². The summed E-state index contributed by atoms with van der Waals surface area (Å²) in [5.74, 6) is -0.528. The summed E-state index contributed by atoms with van der Waals surface area (Å²) in [6.45, 7) is 2.76. The summed E-state index contributed by atoms with van der Waals surface area (Å²) >= 11 is 0. The number of methoxy groups -OCH3 is 1. The van der Waals surface area contributed by atoms with Crippen LogP contribution in [0, 0.1) is 16.0 Å². The lowest BCUT2D eigenvalue weighted by Crippen LogP contribution is -2.42. The van der Waals surface area contributed by atoms with E-state index in [0.717, 1.165) is 0 Å². The second kappa shape index (κ2) is 6.04. The predicted octanol–water partition coefficient (Wildman–Crippen LogP) is 0.983. The van der Waals surface area contributed by atoms with E-state index in [0.29, 0.717) is 19.5 Å². The molecule has 0 saturated carbocycles. The van der Waals surface area contributed by atoms with Crippen LogP contribution in [-0.2, 0) is 4.74 Å². The standard InChI is InChI=1S/C13H17N3O5/c1-8-7-15(6-5-11(8)17)12-10(16(19)20)4-3-9(14-12)13(18)21-2/h3-4,8,11,17H,5-7H2,1-2H3. The number of hydrogen-bond donors (Lipinski definition) is 1. The Morgan fingerprint density at radius 3 is 2.86 bits per heavy atom. The van der Waals surface area contributed by atoms with E-state index in [9.17, 15) is 20.0 Å². The van der Waals surface area contributed by atoms with Crippen molar-refractivity contribution in [1.29, 1.82) is 0 Å². The van der Waals surface area contributed by atoms with Crippen LogP contribution in [0.15, 0.2) is 12.1 Å². The van der Waals surface area contributed by atoms with Crippen molar-refractivity contribution in [1.82, 2.24) is 4.98 Å². The quantitative estimate of drug-likeness (QED) is 0.503. The van der Waals surface area contributed by atoms with Crippen LogP contribution in [0.25, 0.3) is 0 Å². The number of aliphatic hydroxyl groups excluding tert-OH is 1. The van der Waals surface area contributed by atoms with Crippen molar-refractivity contribution in [3.8, 4) is 0 Å². The van der Waals surface area contributed by atoms with Gasteiger partial charge in [0, 0.05) is 19.2 Å². The van der Waals surface area contributed by atoms with Gasteiger partial charge >= 0.3 is 11.7 Å². The average Bonchev–Trinajstić information content (AvgIpc) is 2.48. The molecule has 1 fully saturated rings. The number of aromatic nitrogens is 1. The monoisotopic (exact) mass is 295 g/mol. The van der Waals surface area contributed by atoms with Crippen molar-refractivity contribution >= 4 is 17.5 Å². The molecule has 1 aromatic heterocycles. The van der Waals surface area contributed by atoms with Gasteiger partial charge in [0.25, 0.3) is 0 Å². The number of ether oxygens (including phenoxy) is 1. The third kappa shape index (κ3) is 3.10. The van der Waals surface area contributed by atoms with Crippen molar-refractivity contribution in [3.05, 3.63) is 27.9 Å². The van der Waals surface area contributed by atoms with Gasteiger partial charge in [0.2, 0.25) is 5.82 Å². The predicted molar refractivity (Wildman–Crippen MR) is 74.2 cm³/mol. The summed E-state index contributed by atoms with van der Waals surface area (Å²) in [6.07, 6.45) is 0.0757. The molecular weight excluding hydrogens is 278 g/mol. The second-order valence-corrected chi connectivity index (χ2v) is 5.07. The highest BCUT2D eigenvalue weighted by atomic mass is 16.6. The number of aliphatic hydroxyl groups is 1. The van der Waals surface area contributed by atoms with Crippen LogP contribution in [0.2, 0.25) is 0 Å². The van der Waals surface area contributed by atoms with E-state index >= 15 is 0 Å². The number of pyridine rings is 1. The maximum atomic E-state index is 11.5. The molecule has 2 rings (SSSR count). The zero-order valence-electron chi connectivity index (χ0n) is 11.9. The van der Waals surface area contributed by atoms with Crippen LogP contribution in [0.3, 0.4) is 0 Å². The smallest absolute Gasteiger partial charge is 0.356 e. The fraction of sp³-hybridized carbons (Fsp3) is 0.538. The summed E-state index contributed by atoms with van der Waals surface area (Å²) in [5, 5.41) is 20.9. The molecule has 21 heavy (non-hydrogen) atoms. The first kappa shape index (κ1) is 15.2. The lowest BCUT2D eigenvalue weighted by Gasteiger charge is -2.34. The third-order valence-corrected chi connectivity index (χ3v) is 3.61. The highest BCUT2D eigenvalue weighted by Crippen LogP contribution is 2.30. The first-order chi connectivity index (χ1) is 9.93. The van der Waals surface area contributed by atoms with Crippen LogP contribution in [0.4, 0.5) is 11.5 Å². The summed E-state index contributed by atoms with van der Waals surface area (Å²) in [5.41, 5.74) is -0.136. The Morgan fingerprint density at radius 1 is 1.57 bits per heavy atom. The fourth-order valence-electron chi connectivity index (χ4n) is 2.36. The van der Waals surface area contributed by atoms with Gasteiger partial charge in [-0.2, -0.15) is 0 Å². The topological polar surface area (TPSA) is 106 Å². The number of nitro groups is 1. The number of carbonyl (C=O) groups excluding carboxylic acids is 1. The van der Waals surface area contributed by atoms with Crippen LogP contribution < -0.4 is 4.90 Å². The van der Waals surface area contributed by atoms with Crippen molar-refractivity contribution in [3.63, 3.8) is 0 Å². The van der Waals surface area contributed by atoms with E-state index in [1.165, 1.54) is 19.2 Å². The molecule has 1 aliphatic rings. The van der Waals surface area contributed by atoms with Crippen molar-refractivity contribution in [2.24, 2.45) is 5.92 Å². The Hall–Kier alpha value is -2.22. The molecule has 8 nitrogen and oxygen atoms in total. The van der Waals surface area contributed by atoms with E-state index < -0.39 is 17.0 Å². The summed E-state index contributed by atoms with van der Waals surface area (Å²) < 4.78 is 4.59. The first-order valence-electron chi connectivity index (χ1n) is 6.60. The zero-order chi connectivity index (χ0) is 15.6. The Balaban J connectivity index is 2.39. The molecule has 114 valence electrons. The molecule has 0 amide bonds. The molecular formula is C13H17N3O5. The van der Waals surface area contributed by atoms with Gasteiger partial charge < -0.3 is 14.7 Å². The second-order valence-electron chi connectivity index (χ2n) is 5.07. The summed E-state index contributed by atoms with van der Waals surface area (Å²) in [6, 6.07) is 2.53. The minimum atomic E-state index is -0.642. The molecule has 1 aromatic rings. The number of carbonyl (C=O) groups is 1. The van der Waals surface area contributed by atoms with Gasteiger partial charge in [-0.1, -0.05) is 6.92 Å². The summed E-state index contributed by atoms with van der Waals surface area (Å²) in [7, 11) is 1.23. The number of hydrogen-bond acceptors (Lipinski definition) is 7. The molecule has 0 aromatic carbocycles. The first-order valence-corrected chi connectivity index (χ1v) is 6.60. The molecule has 8 heteroatoms. The van der Waals surface area contributed by atoms with Crippen LogP contribution >= 0.6 is 0 Å². The molecule has 1 saturated heterocycles. The van der Waals surface area contributed by atoms with Gasteiger partial charge in [0.15, 0.2) is 5.69 Å². The maximum absolute atomic E-state index is 11.5. The number of nitrogens with zero attached hydrogens (tertiary/aromatic N) is 3. The minimum absolute atomic E-state index is 0.0249. The molecule has 0 bridgehead atoms. The molecule has 0 aliphatic carbocycles. The SMILES string of the molecule is COC(=O)c1ccc([N+](=O)[O-])c(N2CCC(O)C(C)C2)n1. The highest BCUT2D eigenvalue weighted by Gasteiger charge is 2.30. The van der Waals surface area contributed by atoms with E-state index in [4.69, 9.17) is 0 Å². The number of esters is 1. The van der Waals surface area contributed by atoms with E-state index in [2.05, 4.69) is 9.72 Å². The molecule has 1 aliphatic heterocycles. The van der Waals surface area contributed by atoms with Crippen molar-refractivity contribution < 1.29 is 19.6 Å². The molecule has 2 heterocycles. The normalized spacial score (nSPS) is 22.0. The number of rotatable bonds is 3. The highest BCUT2D eigenvalue weighted by molar-refractivity contribution is 5.88. The van der Waals surface area contributed by atoms with Crippen LogP contribution in [0.1, 0.15) is 23.8 Å². The zero-order valence-corrected chi connectivity index (χ0v) is 11.9. The molecule has 2 atom stereocenters. The van der Waals surface area contributed by atoms with E-state index in [1.54, 1.807) is 4.90 Å².